The number of rotatable bonds is 5. The molecular weight excluding hydrogens is 475 g/mol. The highest BCUT2D eigenvalue weighted by molar-refractivity contribution is 8.00. The van der Waals surface area contributed by atoms with Crippen LogP contribution >= 0.6 is 34.9 Å². The van der Waals surface area contributed by atoms with Crippen LogP contribution in [-0.2, 0) is 12.2 Å². The number of hydrogen-bond donors (Lipinski definition) is 1. The number of nitrogens with two attached hydrogens (primary N) is 1. The SMILES string of the molecule is Nc1nc(SCc2ccccc2)nc2sc3c(c12)C[C@H](c1ccccc1)S[C@H]3c1ccccc1. The van der Waals surface area contributed by atoms with Crippen molar-refractivity contribution in [3.63, 3.8) is 0 Å². The standard InChI is InChI=1S/C28H23N3S3/c29-26-23-21-16-22(19-12-6-2-7-13-19)33-24(20-14-8-3-9-15-20)25(21)34-27(23)31-28(30-26)32-17-18-10-4-1-5-11-18/h1-15,22,24H,16-17H2,(H2,29,30,31)/t22-,24+/m1/s1. The van der Waals surface area contributed by atoms with E-state index < -0.39 is 0 Å². The number of anilines is 1. The first-order valence-corrected chi connectivity index (χ1v) is 14.0. The second kappa shape index (κ2) is 9.45. The van der Waals surface area contributed by atoms with Crippen molar-refractivity contribution < 1.29 is 0 Å². The van der Waals surface area contributed by atoms with Gasteiger partial charge in [-0.25, -0.2) is 9.97 Å². The first-order valence-electron chi connectivity index (χ1n) is 11.3. The summed E-state index contributed by atoms with van der Waals surface area (Å²) in [6, 6.07) is 32.0. The number of hydrogen-bond acceptors (Lipinski definition) is 6. The molecule has 0 unspecified atom stereocenters. The summed E-state index contributed by atoms with van der Waals surface area (Å²) >= 11 is 5.46. The van der Waals surface area contributed by atoms with Gasteiger partial charge in [-0.15, -0.1) is 23.1 Å². The molecule has 0 bridgehead atoms. The van der Waals surface area contributed by atoms with E-state index in [9.17, 15) is 0 Å². The van der Waals surface area contributed by atoms with Crippen molar-refractivity contribution in [2.45, 2.75) is 27.8 Å². The van der Waals surface area contributed by atoms with Crippen molar-refractivity contribution in [2.75, 3.05) is 5.73 Å². The van der Waals surface area contributed by atoms with Gasteiger partial charge in [0.05, 0.1) is 10.6 Å². The van der Waals surface area contributed by atoms with Gasteiger partial charge in [0.2, 0.25) is 0 Å². The van der Waals surface area contributed by atoms with Crippen molar-refractivity contribution >= 4 is 50.9 Å². The van der Waals surface area contributed by atoms with Crippen LogP contribution in [0.3, 0.4) is 0 Å². The zero-order valence-electron chi connectivity index (χ0n) is 18.4. The Bertz CT molecular complexity index is 1420. The normalized spacial score (nSPS) is 17.5. The van der Waals surface area contributed by atoms with E-state index in [4.69, 9.17) is 15.7 Å². The largest absolute Gasteiger partial charge is 0.383 e. The second-order valence-corrected chi connectivity index (χ2v) is 11.6. The fraction of sp³-hybridized carbons (Fsp3) is 0.143. The van der Waals surface area contributed by atoms with Crippen molar-refractivity contribution in [1.82, 2.24) is 9.97 Å². The number of benzene rings is 3. The maximum Gasteiger partial charge on any atom is 0.191 e. The lowest BCUT2D eigenvalue weighted by Crippen LogP contribution is -2.12. The molecule has 2 N–H and O–H groups in total. The summed E-state index contributed by atoms with van der Waals surface area (Å²) in [5.74, 6) is 1.43. The summed E-state index contributed by atoms with van der Waals surface area (Å²) in [7, 11) is 0. The van der Waals surface area contributed by atoms with Crippen LogP contribution in [0.25, 0.3) is 10.2 Å². The molecule has 6 heteroatoms. The average Bonchev–Trinajstić information content (AvgIpc) is 3.27. The molecule has 5 aromatic rings. The molecular formula is C28H23N3S3. The lowest BCUT2D eigenvalue weighted by atomic mass is 9.98. The summed E-state index contributed by atoms with van der Waals surface area (Å²) in [6.45, 7) is 0. The Kier molecular flexibility index (Phi) is 6.04. The van der Waals surface area contributed by atoms with Crippen LogP contribution in [0.15, 0.2) is 96.2 Å². The summed E-state index contributed by atoms with van der Waals surface area (Å²) in [6.07, 6.45) is 0.942. The van der Waals surface area contributed by atoms with Gasteiger partial charge in [0.1, 0.15) is 10.6 Å². The van der Waals surface area contributed by atoms with E-state index in [1.807, 2.05) is 17.8 Å². The van der Waals surface area contributed by atoms with E-state index in [2.05, 4.69) is 84.9 Å². The van der Waals surface area contributed by atoms with Gasteiger partial charge in [-0.3, -0.25) is 0 Å². The minimum atomic E-state index is 0.258. The molecule has 2 atom stereocenters. The zero-order chi connectivity index (χ0) is 22.9. The molecule has 1 aliphatic heterocycles. The summed E-state index contributed by atoms with van der Waals surface area (Å²) < 4.78 is 0. The number of thioether (sulfide) groups is 2. The van der Waals surface area contributed by atoms with Gasteiger partial charge >= 0.3 is 0 Å². The highest BCUT2D eigenvalue weighted by atomic mass is 32.2. The van der Waals surface area contributed by atoms with Crippen molar-refractivity contribution in [3.8, 4) is 0 Å². The van der Waals surface area contributed by atoms with Gasteiger partial charge in [0, 0.05) is 15.9 Å². The minimum Gasteiger partial charge on any atom is -0.383 e. The zero-order valence-corrected chi connectivity index (χ0v) is 20.9. The van der Waals surface area contributed by atoms with Crippen LogP contribution in [0.5, 0.6) is 0 Å². The van der Waals surface area contributed by atoms with Crippen LogP contribution in [0.1, 0.15) is 37.6 Å². The van der Waals surface area contributed by atoms with E-state index in [1.54, 1.807) is 23.1 Å². The molecule has 3 nitrogen and oxygen atoms in total. The van der Waals surface area contributed by atoms with E-state index in [1.165, 1.54) is 27.1 Å². The molecule has 3 aromatic carbocycles. The van der Waals surface area contributed by atoms with Crippen molar-refractivity contribution in [3.05, 3.63) is 118 Å². The first kappa shape index (κ1) is 21.7. The maximum atomic E-state index is 6.60. The van der Waals surface area contributed by atoms with E-state index in [0.717, 1.165) is 27.5 Å². The number of nitrogens with zero attached hydrogens (tertiary/aromatic N) is 2. The molecule has 0 saturated carbocycles. The molecule has 3 heterocycles. The van der Waals surface area contributed by atoms with Crippen LogP contribution in [-0.4, -0.2) is 9.97 Å². The summed E-state index contributed by atoms with van der Waals surface area (Å²) in [5, 5.41) is 2.42. The number of nitrogen functional groups attached to an aromatic ring is 1. The molecule has 1 aliphatic rings. The minimum absolute atomic E-state index is 0.258. The molecule has 0 radical (unpaired) electrons. The molecule has 168 valence electrons. The predicted octanol–water partition coefficient (Wildman–Crippen LogP) is 7.69. The third kappa shape index (κ3) is 4.22. The van der Waals surface area contributed by atoms with Crippen LogP contribution in [0, 0.1) is 0 Å². The Morgan fingerprint density at radius 1 is 0.824 bits per heavy atom. The first-order chi connectivity index (χ1) is 16.8. The lowest BCUT2D eigenvalue weighted by molar-refractivity contribution is 0.893. The van der Waals surface area contributed by atoms with Gasteiger partial charge < -0.3 is 5.73 Å². The number of aromatic nitrogens is 2. The smallest absolute Gasteiger partial charge is 0.191 e. The summed E-state index contributed by atoms with van der Waals surface area (Å²) in [5.41, 5.74) is 11.9. The molecule has 0 amide bonds. The van der Waals surface area contributed by atoms with Crippen LogP contribution in [0.2, 0.25) is 0 Å². The Morgan fingerprint density at radius 3 is 2.18 bits per heavy atom. The molecule has 2 aromatic heterocycles. The van der Waals surface area contributed by atoms with Gasteiger partial charge in [0.25, 0.3) is 0 Å². The second-order valence-electron chi connectivity index (χ2n) is 8.32. The maximum absolute atomic E-state index is 6.60. The Morgan fingerprint density at radius 2 is 1.47 bits per heavy atom. The molecule has 34 heavy (non-hydrogen) atoms. The van der Waals surface area contributed by atoms with Gasteiger partial charge in [-0.1, -0.05) is 103 Å². The van der Waals surface area contributed by atoms with Crippen LogP contribution in [0.4, 0.5) is 5.82 Å². The van der Waals surface area contributed by atoms with Gasteiger partial charge in [-0.2, -0.15) is 0 Å². The molecule has 0 aliphatic carbocycles. The molecule has 6 rings (SSSR count). The van der Waals surface area contributed by atoms with E-state index >= 15 is 0 Å². The number of fused-ring (bicyclic) bond motifs is 3. The fourth-order valence-electron chi connectivity index (χ4n) is 4.47. The van der Waals surface area contributed by atoms with E-state index in [0.29, 0.717) is 11.1 Å². The van der Waals surface area contributed by atoms with Gasteiger partial charge in [-0.05, 0) is 28.7 Å². The van der Waals surface area contributed by atoms with Gasteiger partial charge in [0.15, 0.2) is 5.16 Å². The lowest BCUT2D eigenvalue weighted by Gasteiger charge is -2.30. The Labute approximate surface area is 211 Å². The fourth-order valence-corrected chi connectivity index (χ4v) is 8.35. The predicted molar refractivity (Wildman–Crippen MR) is 147 cm³/mol. The highest BCUT2D eigenvalue weighted by Gasteiger charge is 2.34. The Hall–Kier alpha value is -2.80. The molecule has 0 spiro atoms. The highest BCUT2D eigenvalue weighted by Crippen LogP contribution is 2.55. The average molecular weight is 498 g/mol. The quantitative estimate of drug-likeness (QED) is 0.199. The Balaban J connectivity index is 1.42. The third-order valence-electron chi connectivity index (χ3n) is 6.10. The third-order valence-corrected chi connectivity index (χ3v) is 9.91. The summed E-state index contributed by atoms with van der Waals surface area (Å²) in [4.78, 5) is 12.1. The molecule has 0 fully saturated rings. The number of thiophene rings is 1. The topological polar surface area (TPSA) is 51.8 Å². The monoisotopic (exact) mass is 497 g/mol. The van der Waals surface area contributed by atoms with Crippen LogP contribution < -0.4 is 5.73 Å². The van der Waals surface area contributed by atoms with E-state index in [-0.39, 0.29) is 5.25 Å². The molecule has 0 saturated heterocycles. The van der Waals surface area contributed by atoms with Crippen molar-refractivity contribution in [1.29, 1.82) is 0 Å². The van der Waals surface area contributed by atoms with Crippen molar-refractivity contribution in [2.24, 2.45) is 0 Å².